The van der Waals surface area contributed by atoms with E-state index >= 15 is 0 Å². The summed E-state index contributed by atoms with van der Waals surface area (Å²) < 4.78 is 0. The van der Waals surface area contributed by atoms with Crippen LogP contribution in [0.15, 0.2) is 120 Å². The minimum absolute atomic E-state index is 0.0464. The van der Waals surface area contributed by atoms with Gasteiger partial charge in [-0.05, 0) is 205 Å². The summed E-state index contributed by atoms with van der Waals surface area (Å²) in [7, 11) is 0. The van der Waals surface area contributed by atoms with E-state index in [2.05, 4.69) is 89.9 Å². The van der Waals surface area contributed by atoms with Crippen molar-refractivity contribution in [2.75, 3.05) is 26.2 Å². The number of carbonyl (C=O) groups excluding carboxylic acids is 2. The van der Waals surface area contributed by atoms with Crippen LogP contribution in [0.1, 0.15) is 256 Å². The van der Waals surface area contributed by atoms with Crippen LogP contribution in [-0.2, 0) is 16.0 Å². The van der Waals surface area contributed by atoms with Crippen molar-refractivity contribution in [3.8, 4) is 0 Å². The summed E-state index contributed by atoms with van der Waals surface area (Å²) in [6.45, 7) is 35.4. The first kappa shape index (κ1) is 121. The lowest BCUT2D eigenvalue weighted by molar-refractivity contribution is -0.136. The summed E-state index contributed by atoms with van der Waals surface area (Å²) in [5, 5.41) is 268. The van der Waals surface area contributed by atoms with Gasteiger partial charge in [0.2, 0.25) is 100 Å². The highest BCUT2D eigenvalue weighted by molar-refractivity contribution is 6.01. The summed E-state index contributed by atoms with van der Waals surface area (Å²) in [5.74, 6) is -17.9. The number of carbonyl (C=O) groups is 2. The van der Waals surface area contributed by atoms with Crippen LogP contribution in [0.2, 0.25) is 0 Å². The Balaban J connectivity index is 1.93. The van der Waals surface area contributed by atoms with Gasteiger partial charge in [-0.2, -0.15) is 0 Å². The predicted molar refractivity (Wildman–Crippen MR) is 549 cm³/mol. The van der Waals surface area contributed by atoms with Gasteiger partial charge in [0.15, 0.2) is 23.6 Å². The molecule has 47 heteroatoms. The van der Waals surface area contributed by atoms with Gasteiger partial charge in [-0.25, -0.2) is 89.9 Å². The first-order valence-corrected chi connectivity index (χ1v) is 46.3. The fourth-order valence-corrected chi connectivity index (χ4v) is 14.1. The minimum atomic E-state index is -1.88. The average molecular weight is 1980 g/mol. The van der Waals surface area contributed by atoms with Gasteiger partial charge in [-0.3, -0.25) is 25.8 Å². The molecule has 2 aliphatic rings. The quantitative estimate of drug-likeness (QED) is 0.0213. The molecule has 3 rings (SSSR count). The van der Waals surface area contributed by atoms with Crippen molar-refractivity contribution < 1.29 is 122 Å². The van der Waals surface area contributed by atoms with Crippen LogP contribution in [0.3, 0.4) is 0 Å². The van der Waals surface area contributed by atoms with Gasteiger partial charge in [0, 0.05) is 39.3 Å². The van der Waals surface area contributed by atoms with E-state index in [1.807, 2.05) is 0 Å². The second-order valence-corrected chi connectivity index (χ2v) is 39.6. The number of rotatable bonds is 54. The molecule has 2 fully saturated rings. The van der Waals surface area contributed by atoms with Crippen molar-refractivity contribution in [3.63, 3.8) is 0 Å². The molecule has 2 heterocycles. The zero-order valence-corrected chi connectivity index (χ0v) is 85.1. The van der Waals surface area contributed by atoms with E-state index in [0.717, 1.165) is 5.56 Å². The summed E-state index contributed by atoms with van der Waals surface area (Å²) in [6.07, 6.45) is -0.646. The first-order chi connectivity index (χ1) is 64.3. The van der Waals surface area contributed by atoms with Gasteiger partial charge >= 0.3 is 0 Å². The summed E-state index contributed by atoms with van der Waals surface area (Å²) in [4.78, 5) is 107. The Labute approximate surface area is 817 Å². The predicted octanol–water partition coefficient (Wildman–Crippen LogP) is 13.7. The molecule has 140 heavy (non-hydrogen) atoms. The maximum atomic E-state index is 14.6. The van der Waals surface area contributed by atoms with Crippen LogP contribution in [0.4, 0.5) is 0 Å². The van der Waals surface area contributed by atoms with Gasteiger partial charge in [-0.15, -0.1) is 0 Å². The molecule has 2 aliphatic heterocycles. The molecule has 25 N–H and O–H groups in total. The van der Waals surface area contributed by atoms with Crippen LogP contribution in [0, 0.1) is 34.0 Å². The SMILES string of the molecule is CC[C@@](C)(N=C(O)C(C)(C)N=C(O)[C@H](N=C(O)[C@@H]1CCCN1C(=O)C(C)(C)N=C(O)[C@H](CC(C)C)N=C(O)CN=C(O)C(C)(C)N=C(O)[C@@H](N=C(O)C(C)(C)N=C(O)[C@H](CCC(=N)O)N=C(O)[C@H](C)N=C(O)C(C)(C)N=C(O)[C@H](C)N=C(O)C(C)(C)N=C(O)[C@@H]1CCCN1C(=O)C(C)(C)N=C(C)O)C(C)C)C(C)C)C(O)=N[C@@H](CCC(=N)O)C(O)=N[C@@H](CCC(=N)O)C(O)=N[C@H](CO)Cc1ccccc1. The average Bonchev–Trinajstić information content (AvgIpc) is 1.62. The molecule has 1 aromatic rings. The molecule has 12 atom stereocenters. The number of nitrogens with one attached hydrogen (secondary N) is 3. The van der Waals surface area contributed by atoms with Crippen molar-refractivity contribution in [1.29, 1.82) is 16.2 Å². The third kappa shape index (κ3) is 37.0. The van der Waals surface area contributed by atoms with E-state index in [1.165, 1.54) is 134 Å². The van der Waals surface area contributed by atoms with Crippen LogP contribution >= 0.6 is 0 Å². The summed E-state index contributed by atoms with van der Waals surface area (Å²) in [6, 6.07) is -5.24. The standard InChI is InChI=1S/C93H153N23O24/c1-26-93(25,83(138)104-57(37-40-63(95)120)71(126)103-56(36-39-62(94)119)70(125)100-55(47-117)45-54-32-28-27-29-33-54)114-82(137)90(19,20)113-76(131)66(49(4)5)105-74(129)60-34-30-42-115(60)85(140)92(23,24)110-73(128)59(44-48(2)3)101-65(122)46-97-78(133)86(11,12)112-77(132)67(50(6)7)106-81(136)89(17,18)109-72(127)58(38-41-64(96)121)102-68(123)51(8)98-79(134)87(13,14)108-69(124)52(9)99-80(135)88(15,16)111-75(130)61-35-31-43-116(61)84(139)91(21,22)107-53(10)118/h27-29,32-33,48-52,55-61,66-67,117H,26,30-31,34-47H2,1-25H3,(H2,94,119)(H2,95,120)(H2,96,121)(H,97,133)(H,98,134)(H,99,135)(H,100,125)(H,101,122)(H,102,123)(H,103,126)(H,104,138)(H,105,129)(H,106,136)(H,107,118)(H,108,124)(H,109,127)(H,110,128)(H,111,130)(H,112,132)(H,113,131)(H,114,137)/t51-,52-,55-,56-,57-,58-,59-,60-,61-,66+,67-,93+/m0/s1. The van der Waals surface area contributed by atoms with E-state index in [0.29, 0.717) is 19.3 Å². The molecule has 784 valence electrons. The van der Waals surface area contributed by atoms with Crippen molar-refractivity contribution in [3.05, 3.63) is 35.9 Å². The van der Waals surface area contributed by atoms with Crippen molar-refractivity contribution in [1.82, 2.24) is 9.80 Å². The molecule has 0 unspecified atom stereocenters. The number of nitrogens with zero attached hydrogens (tertiary/aromatic N) is 20. The summed E-state index contributed by atoms with van der Waals surface area (Å²) >= 11 is 0. The molecular formula is C93H153N23O24. The Morgan fingerprint density at radius 2 is 0.771 bits per heavy atom. The zero-order chi connectivity index (χ0) is 107. The van der Waals surface area contributed by atoms with Gasteiger partial charge < -0.3 is 122 Å². The number of amides is 2. The third-order valence-electron chi connectivity index (χ3n) is 22.7. The number of aliphatic imine (C=N–C) groups is 18. The van der Waals surface area contributed by atoms with E-state index in [-0.39, 0.29) is 76.3 Å². The first-order valence-electron chi connectivity index (χ1n) is 46.3. The lowest BCUT2D eigenvalue weighted by Gasteiger charge is -2.31. The highest BCUT2D eigenvalue weighted by Gasteiger charge is 2.46. The minimum Gasteiger partial charge on any atom is -0.497 e. The Morgan fingerprint density at radius 1 is 0.393 bits per heavy atom. The van der Waals surface area contributed by atoms with Gasteiger partial charge in [0.05, 0.1) is 12.6 Å². The van der Waals surface area contributed by atoms with Crippen LogP contribution < -0.4 is 0 Å². The molecule has 47 nitrogen and oxygen atoms in total. The molecule has 0 aromatic heterocycles. The van der Waals surface area contributed by atoms with Crippen LogP contribution in [0.5, 0.6) is 0 Å². The van der Waals surface area contributed by atoms with Crippen LogP contribution in [-0.4, -0.2) is 395 Å². The lowest BCUT2D eigenvalue weighted by Crippen LogP contribution is -2.50. The Kier molecular flexibility index (Phi) is 44.8. The molecule has 1 aromatic carbocycles. The monoisotopic (exact) mass is 1980 g/mol. The van der Waals surface area contributed by atoms with E-state index in [9.17, 15) is 122 Å². The molecule has 0 saturated carbocycles. The number of aliphatic hydroxyl groups excluding tert-OH is 22. The fraction of sp³-hybridized carbons (Fsp3) is 0.688. The zero-order valence-electron chi connectivity index (χ0n) is 85.1. The molecule has 0 spiro atoms. The summed E-state index contributed by atoms with van der Waals surface area (Å²) in [5.41, 5.74) is -13.1. The highest BCUT2D eigenvalue weighted by Crippen LogP contribution is 2.32. The third-order valence-corrected chi connectivity index (χ3v) is 22.7. The largest absolute Gasteiger partial charge is 0.497 e. The maximum absolute atomic E-state index is 14.6. The number of aliphatic hydroxyl groups is 22. The number of likely N-dealkylation sites (tertiary alicyclic amines) is 2. The molecule has 2 saturated heterocycles. The van der Waals surface area contributed by atoms with Crippen molar-refractivity contribution in [2.45, 2.75) is 367 Å². The molecule has 2 amide bonds. The highest BCUT2D eigenvalue weighted by atomic mass is 16.3. The van der Waals surface area contributed by atoms with Gasteiger partial charge in [0.25, 0.3) is 11.8 Å². The van der Waals surface area contributed by atoms with E-state index in [1.54, 1.807) is 78.8 Å². The van der Waals surface area contributed by atoms with E-state index < -0.39 is 278 Å². The molecule has 0 bridgehead atoms. The second kappa shape index (κ2) is 51.8. The topological polar surface area (TPSA) is 780 Å². The fourth-order valence-electron chi connectivity index (χ4n) is 14.1. The number of hydrogen-bond donors (Lipinski definition) is 25. The molecule has 0 radical (unpaired) electrons. The second-order valence-electron chi connectivity index (χ2n) is 39.6. The van der Waals surface area contributed by atoms with E-state index in [4.69, 9.17) is 16.2 Å². The number of benzene rings is 1. The Hall–Kier alpha value is -13.0. The lowest BCUT2D eigenvalue weighted by atomic mass is 9.97. The molecule has 0 aliphatic carbocycles. The number of hydrogen-bond acceptors (Lipinski definition) is 24. The van der Waals surface area contributed by atoms with Gasteiger partial charge in [0.1, 0.15) is 111 Å². The van der Waals surface area contributed by atoms with Crippen LogP contribution in [0.25, 0.3) is 0 Å². The van der Waals surface area contributed by atoms with Crippen molar-refractivity contribution in [2.24, 2.45) is 108 Å². The van der Waals surface area contributed by atoms with Crippen molar-refractivity contribution >= 4 is 136 Å². The molecular weight excluding hydrogens is 1820 g/mol. The van der Waals surface area contributed by atoms with Gasteiger partial charge in [-0.1, -0.05) is 78.8 Å². The Bertz CT molecular complexity index is 5030. The Morgan fingerprint density at radius 3 is 1.22 bits per heavy atom. The smallest absolute Gasteiger partial charge is 0.250 e. The normalized spacial score (nSPS) is 19.8. The maximum Gasteiger partial charge on any atom is 0.250 e.